The number of rotatable bonds is 4. The van der Waals surface area contributed by atoms with Gasteiger partial charge >= 0.3 is 11.3 Å². The maximum absolute atomic E-state index is 12.3. The molecule has 3 heterocycles. The van der Waals surface area contributed by atoms with Crippen molar-refractivity contribution in [2.45, 2.75) is 27.3 Å². The van der Waals surface area contributed by atoms with Gasteiger partial charge in [0.25, 0.3) is 5.56 Å². The van der Waals surface area contributed by atoms with Crippen LogP contribution in [0.3, 0.4) is 0 Å². The lowest BCUT2D eigenvalue weighted by atomic mass is 9.98. The lowest BCUT2D eigenvalue weighted by Gasteiger charge is -2.14. The fourth-order valence-electron chi connectivity index (χ4n) is 3.62. The second-order valence-corrected chi connectivity index (χ2v) is 7.39. The molecule has 0 saturated carbocycles. The Morgan fingerprint density at radius 3 is 2.55 bits per heavy atom. The minimum atomic E-state index is -0.591. The van der Waals surface area contributed by atoms with Crippen LogP contribution in [-0.2, 0) is 11.3 Å². The van der Waals surface area contributed by atoms with Crippen LogP contribution < -0.4 is 16.9 Å². The van der Waals surface area contributed by atoms with E-state index < -0.39 is 16.9 Å². The van der Waals surface area contributed by atoms with Crippen molar-refractivity contribution in [1.29, 1.82) is 0 Å². The second-order valence-electron chi connectivity index (χ2n) is 7.39. The Labute approximate surface area is 175 Å². The number of methoxy groups -OCH3 is 1. The van der Waals surface area contributed by atoms with Crippen LogP contribution in [-0.4, -0.2) is 33.4 Å². The number of hydrogen-bond acceptors (Lipinski definition) is 7. The second kappa shape index (κ2) is 7.51. The molecule has 0 aliphatic rings. The van der Waals surface area contributed by atoms with Crippen LogP contribution in [0.4, 0.5) is 0 Å². The van der Waals surface area contributed by atoms with Crippen LogP contribution in [0.2, 0.25) is 0 Å². The maximum atomic E-state index is 12.3. The van der Waals surface area contributed by atoms with Gasteiger partial charge in [-0.05, 0) is 44.5 Å². The number of pyridine rings is 1. The SMILES string of the molecule is COCCn1c(=O)[nH]c(=O)c2ccc(-c3cc4c(C)c(C)c(=O)oc4c(C)c3O)nc21. The lowest BCUT2D eigenvalue weighted by Crippen LogP contribution is -2.32. The quantitative estimate of drug-likeness (QED) is 0.481. The molecular weight excluding hydrogens is 402 g/mol. The average molecular weight is 423 g/mol. The summed E-state index contributed by atoms with van der Waals surface area (Å²) in [5.41, 5.74) is 1.30. The summed E-state index contributed by atoms with van der Waals surface area (Å²) < 4.78 is 11.8. The minimum absolute atomic E-state index is 0.0959. The summed E-state index contributed by atoms with van der Waals surface area (Å²) in [6.07, 6.45) is 0. The molecule has 0 spiro atoms. The van der Waals surface area contributed by atoms with E-state index in [0.717, 1.165) is 5.56 Å². The predicted octanol–water partition coefficient (Wildman–Crippen LogP) is 2.14. The maximum Gasteiger partial charge on any atom is 0.339 e. The van der Waals surface area contributed by atoms with Crippen LogP contribution in [0, 0.1) is 20.8 Å². The standard InChI is InChI=1S/C22H21N3O6/c1-10-11(2)21(28)31-18-12(3)17(26)15(9-14(10)18)16-6-5-13-19(23-16)25(7-8-30-4)22(29)24-20(13)27/h5-6,9,26H,7-8H2,1-4H3,(H,24,27,29). The highest BCUT2D eigenvalue weighted by molar-refractivity contribution is 5.92. The number of hydrogen-bond donors (Lipinski definition) is 2. The topological polar surface area (TPSA) is 127 Å². The Bertz CT molecular complexity index is 1530. The van der Waals surface area contributed by atoms with Crippen molar-refractivity contribution < 1.29 is 14.3 Å². The molecule has 0 bridgehead atoms. The molecular formula is C22H21N3O6. The van der Waals surface area contributed by atoms with Crippen molar-refractivity contribution in [2.75, 3.05) is 13.7 Å². The van der Waals surface area contributed by atoms with E-state index in [9.17, 15) is 19.5 Å². The smallest absolute Gasteiger partial charge is 0.339 e. The van der Waals surface area contributed by atoms with Gasteiger partial charge in [-0.3, -0.25) is 14.3 Å². The summed E-state index contributed by atoms with van der Waals surface area (Å²) in [5, 5.41) is 11.8. The van der Waals surface area contributed by atoms with Crippen LogP contribution in [0.1, 0.15) is 16.7 Å². The molecule has 31 heavy (non-hydrogen) atoms. The molecule has 4 aromatic rings. The number of aromatic nitrogens is 3. The van der Waals surface area contributed by atoms with Gasteiger partial charge in [-0.15, -0.1) is 0 Å². The zero-order chi connectivity index (χ0) is 22.4. The molecule has 3 aromatic heterocycles. The summed E-state index contributed by atoms with van der Waals surface area (Å²) in [4.78, 5) is 43.5. The monoisotopic (exact) mass is 423 g/mol. The van der Waals surface area contributed by atoms with Gasteiger partial charge in [-0.2, -0.15) is 0 Å². The van der Waals surface area contributed by atoms with E-state index in [2.05, 4.69) is 9.97 Å². The van der Waals surface area contributed by atoms with E-state index in [-0.39, 0.29) is 29.9 Å². The molecule has 160 valence electrons. The largest absolute Gasteiger partial charge is 0.507 e. The molecule has 0 amide bonds. The molecule has 2 N–H and O–H groups in total. The van der Waals surface area contributed by atoms with Crippen molar-refractivity contribution in [3.8, 4) is 17.0 Å². The number of nitrogens with one attached hydrogen (secondary N) is 1. The van der Waals surface area contributed by atoms with E-state index >= 15 is 0 Å². The Morgan fingerprint density at radius 2 is 1.84 bits per heavy atom. The minimum Gasteiger partial charge on any atom is -0.507 e. The van der Waals surface area contributed by atoms with Crippen molar-refractivity contribution >= 4 is 22.0 Å². The van der Waals surface area contributed by atoms with E-state index in [0.29, 0.717) is 33.4 Å². The summed E-state index contributed by atoms with van der Waals surface area (Å²) in [6.45, 7) is 5.59. The first-order valence-electron chi connectivity index (χ1n) is 9.64. The van der Waals surface area contributed by atoms with Crippen LogP contribution in [0.25, 0.3) is 33.3 Å². The molecule has 0 atom stereocenters. The molecule has 0 radical (unpaired) electrons. The van der Waals surface area contributed by atoms with Gasteiger partial charge in [0.05, 0.1) is 24.2 Å². The lowest BCUT2D eigenvalue weighted by molar-refractivity contribution is 0.187. The van der Waals surface area contributed by atoms with Crippen molar-refractivity contribution in [2.24, 2.45) is 0 Å². The molecule has 9 heteroatoms. The molecule has 0 saturated heterocycles. The van der Waals surface area contributed by atoms with E-state index in [1.54, 1.807) is 32.0 Å². The summed E-state index contributed by atoms with van der Waals surface area (Å²) >= 11 is 0. The van der Waals surface area contributed by atoms with Gasteiger partial charge in [0.2, 0.25) is 0 Å². The number of phenols is 1. The first-order chi connectivity index (χ1) is 14.7. The van der Waals surface area contributed by atoms with Gasteiger partial charge in [-0.1, -0.05) is 0 Å². The molecule has 0 aliphatic carbocycles. The fourth-order valence-corrected chi connectivity index (χ4v) is 3.62. The summed E-state index contributed by atoms with van der Waals surface area (Å²) in [5.74, 6) is -0.0959. The van der Waals surface area contributed by atoms with Gasteiger partial charge < -0.3 is 14.3 Å². The highest BCUT2D eigenvalue weighted by Gasteiger charge is 2.19. The number of ether oxygens (including phenoxy) is 1. The summed E-state index contributed by atoms with van der Waals surface area (Å²) in [7, 11) is 1.51. The van der Waals surface area contributed by atoms with E-state index in [1.807, 2.05) is 6.92 Å². The molecule has 4 rings (SSSR count). The van der Waals surface area contributed by atoms with Crippen molar-refractivity contribution in [3.05, 3.63) is 66.1 Å². The zero-order valence-corrected chi connectivity index (χ0v) is 17.5. The molecule has 9 nitrogen and oxygen atoms in total. The number of nitrogens with zero attached hydrogens (tertiary/aromatic N) is 2. The molecule has 1 aromatic carbocycles. The van der Waals surface area contributed by atoms with E-state index in [4.69, 9.17) is 9.15 Å². The number of aromatic amines is 1. The van der Waals surface area contributed by atoms with Gasteiger partial charge in [0.1, 0.15) is 17.0 Å². The first kappa shape index (κ1) is 20.5. The normalized spacial score (nSPS) is 11.5. The average Bonchev–Trinajstić information content (AvgIpc) is 2.74. The Kier molecular flexibility index (Phi) is 4.98. The number of benzene rings is 1. The van der Waals surface area contributed by atoms with Crippen molar-refractivity contribution in [3.63, 3.8) is 0 Å². The molecule has 0 fully saturated rings. The highest BCUT2D eigenvalue weighted by atomic mass is 16.5. The number of H-pyrrole nitrogens is 1. The molecule has 0 aliphatic heterocycles. The zero-order valence-electron chi connectivity index (χ0n) is 17.5. The summed E-state index contributed by atoms with van der Waals surface area (Å²) in [6, 6.07) is 4.85. The van der Waals surface area contributed by atoms with E-state index in [1.165, 1.54) is 11.7 Å². The molecule has 0 unspecified atom stereocenters. The van der Waals surface area contributed by atoms with Crippen LogP contribution in [0.15, 0.2) is 37.0 Å². The third-order valence-corrected chi connectivity index (χ3v) is 5.59. The fraction of sp³-hybridized carbons (Fsp3) is 0.273. The highest BCUT2D eigenvalue weighted by Crippen LogP contribution is 2.37. The third-order valence-electron chi connectivity index (χ3n) is 5.59. The van der Waals surface area contributed by atoms with Crippen LogP contribution in [0.5, 0.6) is 5.75 Å². The van der Waals surface area contributed by atoms with Gasteiger partial charge in [0.15, 0.2) is 0 Å². The predicted molar refractivity (Wildman–Crippen MR) is 116 cm³/mol. The van der Waals surface area contributed by atoms with Crippen LogP contribution >= 0.6 is 0 Å². The number of aromatic hydroxyl groups is 1. The number of aryl methyl sites for hydroxylation is 2. The van der Waals surface area contributed by atoms with Gasteiger partial charge in [0, 0.05) is 29.2 Å². The Balaban J connectivity index is 2.05. The number of phenolic OH excluding ortho intramolecular Hbond substituents is 1. The Hall–Kier alpha value is -3.72. The number of fused-ring (bicyclic) bond motifs is 2. The van der Waals surface area contributed by atoms with Gasteiger partial charge in [-0.25, -0.2) is 14.6 Å². The first-order valence-corrected chi connectivity index (χ1v) is 9.64. The Morgan fingerprint density at radius 1 is 1.10 bits per heavy atom. The van der Waals surface area contributed by atoms with Crippen molar-refractivity contribution in [1.82, 2.24) is 14.5 Å². The third kappa shape index (κ3) is 3.23.